The third-order valence-corrected chi connectivity index (χ3v) is 4.52. The monoisotopic (exact) mass is 263 g/mol. The summed E-state index contributed by atoms with van der Waals surface area (Å²) >= 11 is 0. The summed E-state index contributed by atoms with van der Waals surface area (Å²) in [7, 11) is 0. The first-order valence-electron chi connectivity index (χ1n) is 7.67. The number of nitrogens with one attached hydrogen (secondary N) is 1. The molecule has 0 heterocycles. The third-order valence-electron chi connectivity index (χ3n) is 4.52. The highest BCUT2D eigenvalue weighted by molar-refractivity contribution is 5.22. The van der Waals surface area contributed by atoms with Crippen molar-refractivity contribution in [2.45, 2.75) is 58.5 Å². The first-order chi connectivity index (χ1) is 9.15. The van der Waals surface area contributed by atoms with Crippen molar-refractivity contribution in [2.24, 2.45) is 11.8 Å². The maximum atomic E-state index is 13.0. The standard InChI is InChI=1S/C17H26FN/c1-4-13(5-2)12(3)19-17(14-6-7-14)15-8-10-16(18)11-9-15/h8-14,17,19H,4-7H2,1-3H3. The predicted molar refractivity (Wildman–Crippen MR) is 78.5 cm³/mol. The van der Waals surface area contributed by atoms with Crippen LogP contribution >= 0.6 is 0 Å². The minimum Gasteiger partial charge on any atom is -0.307 e. The van der Waals surface area contributed by atoms with Crippen LogP contribution in [0.5, 0.6) is 0 Å². The van der Waals surface area contributed by atoms with E-state index in [0.717, 1.165) is 11.8 Å². The molecule has 0 aromatic heterocycles. The van der Waals surface area contributed by atoms with Gasteiger partial charge in [-0.15, -0.1) is 0 Å². The zero-order valence-corrected chi connectivity index (χ0v) is 12.3. The highest BCUT2D eigenvalue weighted by Gasteiger charge is 2.33. The Labute approximate surface area is 116 Å². The van der Waals surface area contributed by atoms with Crippen molar-refractivity contribution < 1.29 is 4.39 Å². The van der Waals surface area contributed by atoms with Crippen LogP contribution in [0, 0.1) is 17.7 Å². The van der Waals surface area contributed by atoms with Crippen molar-refractivity contribution in [1.82, 2.24) is 5.32 Å². The second-order valence-corrected chi connectivity index (χ2v) is 5.90. The van der Waals surface area contributed by atoms with E-state index in [1.165, 1.54) is 31.2 Å². The normalized spacial score (nSPS) is 18.6. The molecule has 2 atom stereocenters. The first-order valence-corrected chi connectivity index (χ1v) is 7.67. The summed E-state index contributed by atoms with van der Waals surface area (Å²) < 4.78 is 13.0. The fourth-order valence-corrected chi connectivity index (χ4v) is 3.02. The number of hydrogen-bond acceptors (Lipinski definition) is 1. The van der Waals surface area contributed by atoms with E-state index >= 15 is 0 Å². The molecule has 1 aromatic rings. The molecule has 0 amide bonds. The lowest BCUT2D eigenvalue weighted by Crippen LogP contribution is -2.37. The molecule has 1 aliphatic carbocycles. The molecule has 1 saturated carbocycles. The SMILES string of the molecule is CCC(CC)C(C)NC(c1ccc(F)cc1)C1CC1. The third kappa shape index (κ3) is 3.79. The highest BCUT2D eigenvalue weighted by atomic mass is 19.1. The molecule has 0 saturated heterocycles. The predicted octanol–water partition coefficient (Wildman–Crippen LogP) is 4.69. The molecule has 0 radical (unpaired) electrons. The van der Waals surface area contributed by atoms with Gasteiger partial charge in [0.1, 0.15) is 5.82 Å². The molecule has 1 fully saturated rings. The van der Waals surface area contributed by atoms with Gasteiger partial charge in [0, 0.05) is 12.1 Å². The fourth-order valence-electron chi connectivity index (χ4n) is 3.02. The average molecular weight is 263 g/mol. The van der Waals surface area contributed by atoms with Crippen LogP contribution in [0.4, 0.5) is 4.39 Å². The van der Waals surface area contributed by atoms with Gasteiger partial charge in [-0.05, 0) is 49.3 Å². The second-order valence-electron chi connectivity index (χ2n) is 5.90. The van der Waals surface area contributed by atoms with Crippen LogP contribution < -0.4 is 5.32 Å². The Kier molecular flexibility index (Phi) is 4.98. The number of rotatable bonds is 7. The Morgan fingerprint density at radius 1 is 1.16 bits per heavy atom. The number of hydrogen-bond donors (Lipinski definition) is 1. The lowest BCUT2D eigenvalue weighted by atomic mass is 9.93. The van der Waals surface area contributed by atoms with Crippen molar-refractivity contribution in [3.63, 3.8) is 0 Å². The second kappa shape index (κ2) is 6.51. The van der Waals surface area contributed by atoms with Gasteiger partial charge in [-0.3, -0.25) is 0 Å². The van der Waals surface area contributed by atoms with Crippen molar-refractivity contribution in [3.8, 4) is 0 Å². The number of halogens is 1. The first kappa shape index (κ1) is 14.5. The van der Waals surface area contributed by atoms with E-state index in [4.69, 9.17) is 0 Å². The van der Waals surface area contributed by atoms with Gasteiger partial charge in [-0.25, -0.2) is 4.39 Å². The Balaban J connectivity index is 2.06. The maximum Gasteiger partial charge on any atom is 0.123 e. The van der Waals surface area contributed by atoms with Gasteiger partial charge in [0.05, 0.1) is 0 Å². The Morgan fingerprint density at radius 3 is 2.21 bits per heavy atom. The molecule has 19 heavy (non-hydrogen) atoms. The molecule has 1 N–H and O–H groups in total. The van der Waals surface area contributed by atoms with Crippen LogP contribution in [-0.4, -0.2) is 6.04 Å². The van der Waals surface area contributed by atoms with Crippen LogP contribution in [0.2, 0.25) is 0 Å². The van der Waals surface area contributed by atoms with Gasteiger partial charge in [0.25, 0.3) is 0 Å². The van der Waals surface area contributed by atoms with Gasteiger partial charge in [0.15, 0.2) is 0 Å². The molecule has 106 valence electrons. The van der Waals surface area contributed by atoms with Gasteiger partial charge in [-0.2, -0.15) is 0 Å². The maximum absolute atomic E-state index is 13.0. The zero-order chi connectivity index (χ0) is 13.8. The molecule has 0 spiro atoms. The summed E-state index contributed by atoms with van der Waals surface area (Å²) in [5.74, 6) is 1.32. The minimum atomic E-state index is -0.147. The molecule has 0 bridgehead atoms. The molecular weight excluding hydrogens is 237 g/mol. The molecule has 2 heteroatoms. The molecule has 0 aliphatic heterocycles. The smallest absolute Gasteiger partial charge is 0.123 e. The van der Waals surface area contributed by atoms with E-state index in [1.807, 2.05) is 12.1 Å². The Hall–Kier alpha value is -0.890. The van der Waals surface area contributed by atoms with E-state index in [-0.39, 0.29) is 5.82 Å². The van der Waals surface area contributed by atoms with Gasteiger partial charge >= 0.3 is 0 Å². The summed E-state index contributed by atoms with van der Waals surface area (Å²) in [4.78, 5) is 0. The molecular formula is C17H26FN. The molecule has 2 rings (SSSR count). The van der Waals surface area contributed by atoms with E-state index in [0.29, 0.717) is 12.1 Å². The average Bonchev–Trinajstić information content (AvgIpc) is 3.23. The van der Waals surface area contributed by atoms with Gasteiger partial charge in [0.2, 0.25) is 0 Å². The van der Waals surface area contributed by atoms with Gasteiger partial charge in [-0.1, -0.05) is 38.8 Å². The molecule has 1 aliphatic rings. The van der Waals surface area contributed by atoms with Crippen molar-refractivity contribution >= 4 is 0 Å². The van der Waals surface area contributed by atoms with Crippen LogP contribution in [0.1, 0.15) is 58.1 Å². The quantitative estimate of drug-likeness (QED) is 0.752. The van der Waals surface area contributed by atoms with E-state index in [2.05, 4.69) is 26.1 Å². The molecule has 2 unspecified atom stereocenters. The lowest BCUT2D eigenvalue weighted by Gasteiger charge is -2.29. The van der Waals surface area contributed by atoms with Crippen LogP contribution in [0.15, 0.2) is 24.3 Å². The van der Waals surface area contributed by atoms with Gasteiger partial charge < -0.3 is 5.32 Å². The molecule has 1 aromatic carbocycles. The Bertz CT molecular complexity index is 379. The highest BCUT2D eigenvalue weighted by Crippen LogP contribution is 2.41. The summed E-state index contributed by atoms with van der Waals surface area (Å²) in [5, 5.41) is 3.79. The minimum absolute atomic E-state index is 0.147. The summed E-state index contributed by atoms with van der Waals surface area (Å²) in [6.45, 7) is 6.81. The summed E-state index contributed by atoms with van der Waals surface area (Å²) in [6, 6.07) is 7.94. The summed E-state index contributed by atoms with van der Waals surface area (Å²) in [5.41, 5.74) is 1.24. The molecule has 1 nitrogen and oxygen atoms in total. The van der Waals surface area contributed by atoms with Crippen LogP contribution in [0.3, 0.4) is 0 Å². The van der Waals surface area contributed by atoms with Crippen molar-refractivity contribution in [2.75, 3.05) is 0 Å². The van der Waals surface area contributed by atoms with E-state index in [1.54, 1.807) is 12.1 Å². The lowest BCUT2D eigenvalue weighted by molar-refractivity contribution is 0.309. The number of benzene rings is 1. The van der Waals surface area contributed by atoms with E-state index < -0.39 is 0 Å². The van der Waals surface area contributed by atoms with Crippen molar-refractivity contribution in [3.05, 3.63) is 35.6 Å². The van der Waals surface area contributed by atoms with Crippen LogP contribution in [0.25, 0.3) is 0 Å². The fraction of sp³-hybridized carbons (Fsp3) is 0.647. The van der Waals surface area contributed by atoms with E-state index in [9.17, 15) is 4.39 Å². The Morgan fingerprint density at radius 2 is 1.74 bits per heavy atom. The van der Waals surface area contributed by atoms with Crippen LogP contribution in [-0.2, 0) is 0 Å². The summed E-state index contributed by atoms with van der Waals surface area (Å²) in [6.07, 6.45) is 5.02. The largest absolute Gasteiger partial charge is 0.307 e. The topological polar surface area (TPSA) is 12.0 Å². The zero-order valence-electron chi connectivity index (χ0n) is 12.3. The van der Waals surface area contributed by atoms with Crippen molar-refractivity contribution in [1.29, 1.82) is 0 Å².